The van der Waals surface area contributed by atoms with Crippen molar-refractivity contribution >= 4 is 5.91 Å². The average molecular weight is 204 g/mol. The van der Waals surface area contributed by atoms with E-state index < -0.39 is 0 Å². The van der Waals surface area contributed by atoms with Crippen LogP contribution < -0.4 is 5.32 Å². The van der Waals surface area contributed by atoms with Crippen LogP contribution in [0.3, 0.4) is 0 Å². The fourth-order valence-corrected chi connectivity index (χ4v) is 1.20. The maximum atomic E-state index is 11.4. The van der Waals surface area contributed by atoms with Crippen molar-refractivity contribution in [3.8, 4) is 0 Å². The largest absolute Gasteiger partial charge is 0.356 e. The molecular weight excluding hydrogens is 186 g/mol. The zero-order chi connectivity index (χ0) is 11.1. The van der Waals surface area contributed by atoms with Crippen molar-refractivity contribution in [1.29, 1.82) is 0 Å². The summed E-state index contributed by atoms with van der Waals surface area (Å²) >= 11 is 0. The number of nitrogens with one attached hydrogen (secondary N) is 1. The van der Waals surface area contributed by atoms with Crippen LogP contribution >= 0.6 is 0 Å². The second-order valence-electron chi connectivity index (χ2n) is 4.03. The van der Waals surface area contributed by atoms with Gasteiger partial charge in [-0.2, -0.15) is 0 Å². The van der Waals surface area contributed by atoms with Crippen LogP contribution in [0.1, 0.15) is 19.4 Å². The first kappa shape index (κ1) is 11.8. The molecule has 2 nitrogen and oxygen atoms in total. The van der Waals surface area contributed by atoms with Gasteiger partial charge in [0.05, 0.1) is 6.42 Å². The van der Waals surface area contributed by atoms with Crippen molar-refractivity contribution in [1.82, 2.24) is 5.32 Å². The lowest BCUT2D eigenvalue weighted by Crippen LogP contribution is -2.27. The molecule has 1 aromatic rings. The van der Waals surface area contributed by atoms with E-state index in [4.69, 9.17) is 0 Å². The Morgan fingerprint density at radius 1 is 1.33 bits per heavy atom. The lowest BCUT2D eigenvalue weighted by molar-refractivity contribution is -0.118. The van der Waals surface area contributed by atoms with E-state index in [1.54, 1.807) is 6.42 Å². The maximum absolute atomic E-state index is 11.4. The molecule has 0 bridgehead atoms. The molecule has 0 aliphatic rings. The molecule has 0 saturated carbocycles. The molecule has 0 unspecified atom stereocenters. The zero-order valence-electron chi connectivity index (χ0n) is 9.36. The van der Waals surface area contributed by atoms with Crippen molar-refractivity contribution in [2.75, 3.05) is 6.54 Å². The zero-order valence-corrected chi connectivity index (χ0v) is 9.36. The van der Waals surface area contributed by atoms with Crippen LogP contribution in [0.25, 0.3) is 0 Å². The standard InChI is InChI=1S/C13H18NO/c1-11(2)10-14-13(15)9-8-12-6-4-3-5-7-12/h3-7,9,11H,8,10H2,1-2H3,(H,14,15). The van der Waals surface area contributed by atoms with Gasteiger partial charge in [-0.3, -0.25) is 4.79 Å². The Morgan fingerprint density at radius 2 is 2.00 bits per heavy atom. The first-order valence-electron chi connectivity index (χ1n) is 5.33. The van der Waals surface area contributed by atoms with Gasteiger partial charge < -0.3 is 5.32 Å². The van der Waals surface area contributed by atoms with E-state index in [1.165, 1.54) is 0 Å². The van der Waals surface area contributed by atoms with Gasteiger partial charge in [-0.25, -0.2) is 0 Å². The molecular formula is C13H18NO. The Bertz CT molecular complexity index is 293. The number of hydrogen-bond donors (Lipinski definition) is 1. The van der Waals surface area contributed by atoms with Crippen molar-refractivity contribution in [2.24, 2.45) is 5.92 Å². The molecule has 0 aliphatic carbocycles. The summed E-state index contributed by atoms with van der Waals surface area (Å²) in [5, 5.41) is 2.86. The van der Waals surface area contributed by atoms with Crippen molar-refractivity contribution in [2.45, 2.75) is 20.3 Å². The van der Waals surface area contributed by atoms with Gasteiger partial charge in [0, 0.05) is 6.54 Å². The van der Waals surface area contributed by atoms with Crippen LogP contribution in [0.2, 0.25) is 0 Å². The van der Waals surface area contributed by atoms with Crippen LogP contribution in [0.4, 0.5) is 0 Å². The predicted molar refractivity (Wildman–Crippen MR) is 62.3 cm³/mol. The van der Waals surface area contributed by atoms with Gasteiger partial charge in [0.15, 0.2) is 0 Å². The molecule has 0 atom stereocenters. The molecule has 0 fully saturated rings. The highest BCUT2D eigenvalue weighted by Crippen LogP contribution is 2.01. The molecule has 1 amide bonds. The molecule has 1 radical (unpaired) electrons. The quantitative estimate of drug-likeness (QED) is 0.782. The number of rotatable bonds is 5. The van der Waals surface area contributed by atoms with E-state index in [2.05, 4.69) is 19.2 Å². The Labute approximate surface area is 91.7 Å². The first-order valence-corrected chi connectivity index (χ1v) is 5.33. The molecule has 1 N–H and O–H groups in total. The Morgan fingerprint density at radius 3 is 2.60 bits per heavy atom. The van der Waals surface area contributed by atoms with Crippen LogP contribution in [0, 0.1) is 12.3 Å². The third-order valence-corrected chi connectivity index (χ3v) is 2.05. The van der Waals surface area contributed by atoms with E-state index in [0.717, 1.165) is 12.1 Å². The lowest BCUT2D eigenvalue weighted by Gasteiger charge is -2.06. The molecule has 0 spiro atoms. The molecule has 1 rings (SSSR count). The van der Waals surface area contributed by atoms with Gasteiger partial charge in [-0.05, 0) is 17.9 Å². The van der Waals surface area contributed by atoms with Crippen LogP contribution in [0.5, 0.6) is 0 Å². The molecule has 15 heavy (non-hydrogen) atoms. The summed E-state index contributed by atoms with van der Waals surface area (Å²) in [5.41, 5.74) is 1.16. The molecule has 0 saturated heterocycles. The maximum Gasteiger partial charge on any atom is 0.224 e. The monoisotopic (exact) mass is 204 g/mol. The highest BCUT2D eigenvalue weighted by molar-refractivity contribution is 5.84. The highest BCUT2D eigenvalue weighted by Gasteiger charge is 2.02. The molecule has 0 heterocycles. The van der Waals surface area contributed by atoms with Gasteiger partial charge in [0.1, 0.15) is 0 Å². The van der Waals surface area contributed by atoms with Gasteiger partial charge >= 0.3 is 0 Å². The van der Waals surface area contributed by atoms with E-state index >= 15 is 0 Å². The summed E-state index contributed by atoms with van der Waals surface area (Å²) in [6, 6.07) is 9.98. The second kappa shape index (κ2) is 6.23. The fourth-order valence-electron chi connectivity index (χ4n) is 1.20. The second-order valence-corrected chi connectivity index (χ2v) is 4.03. The summed E-state index contributed by atoms with van der Waals surface area (Å²) < 4.78 is 0. The summed E-state index contributed by atoms with van der Waals surface area (Å²) in [6.07, 6.45) is 2.39. The van der Waals surface area contributed by atoms with Crippen molar-refractivity contribution in [3.63, 3.8) is 0 Å². The molecule has 0 aromatic heterocycles. The van der Waals surface area contributed by atoms with E-state index in [9.17, 15) is 4.79 Å². The smallest absolute Gasteiger partial charge is 0.224 e. The van der Waals surface area contributed by atoms with Crippen molar-refractivity contribution < 1.29 is 4.79 Å². The average Bonchev–Trinajstić information content (AvgIpc) is 2.25. The number of benzene rings is 1. The lowest BCUT2D eigenvalue weighted by atomic mass is 10.1. The van der Waals surface area contributed by atoms with Gasteiger partial charge in [0.2, 0.25) is 5.91 Å². The summed E-state index contributed by atoms with van der Waals surface area (Å²) in [7, 11) is 0. The number of carbonyl (C=O) groups excluding carboxylic acids is 1. The minimum atomic E-state index is 0.0209. The van der Waals surface area contributed by atoms with Crippen molar-refractivity contribution in [3.05, 3.63) is 42.3 Å². The normalized spacial score (nSPS) is 10.3. The van der Waals surface area contributed by atoms with Crippen LogP contribution in [-0.2, 0) is 11.2 Å². The third-order valence-electron chi connectivity index (χ3n) is 2.05. The first-order chi connectivity index (χ1) is 7.18. The minimum absolute atomic E-state index is 0.0209. The molecule has 2 heteroatoms. The third kappa shape index (κ3) is 5.21. The topological polar surface area (TPSA) is 29.1 Å². The van der Waals surface area contributed by atoms with E-state index in [0.29, 0.717) is 12.3 Å². The van der Waals surface area contributed by atoms with E-state index in [1.807, 2.05) is 30.3 Å². The summed E-state index contributed by atoms with van der Waals surface area (Å²) in [4.78, 5) is 11.4. The Balaban J connectivity index is 2.23. The molecule has 0 aliphatic heterocycles. The van der Waals surface area contributed by atoms with Crippen LogP contribution in [-0.4, -0.2) is 12.5 Å². The number of hydrogen-bond acceptors (Lipinski definition) is 1. The molecule has 1 aromatic carbocycles. The number of amides is 1. The highest BCUT2D eigenvalue weighted by atomic mass is 16.1. The Kier molecular flexibility index (Phi) is 4.88. The number of carbonyl (C=O) groups is 1. The molecule has 81 valence electrons. The van der Waals surface area contributed by atoms with E-state index in [-0.39, 0.29) is 5.91 Å². The Hall–Kier alpha value is -1.31. The fraction of sp³-hybridized carbons (Fsp3) is 0.385. The van der Waals surface area contributed by atoms with Gasteiger partial charge in [-0.1, -0.05) is 44.2 Å². The summed E-state index contributed by atoms with van der Waals surface area (Å²) in [6.45, 7) is 4.90. The SMILES string of the molecule is CC(C)CNC(=O)[CH]Cc1ccccc1. The van der Waals surface area contributed by atoms with Gasteiger partial charge in [-0.15, -0.1) is 0 Å². The minimum Gasteiger partial charge on any atom is -0.356 e. The van der Waals surface area contributed by atoms with Crippen LogP contribution in [0.15, 0.2) is 30.3 Å². The summed E-state index contributed by atoms with van der Waals surface area (Å²) in [5.74, 6) is 0.520. The van der Waals surface area contributed by atoms with Gasteiger partial charge in [0.25, 0.3) is 0 Å². The predicted octanol–water partition coefficient (Wildman–Crippen LogP) is 2.21.